The molecule has 9 nitrogen and oxygen atoms in total. The number of cyclic esters (lactones) is 1. The highest BCUT2D eigenvalue weighted by molar-refractivity contribution is 5.89. The normalized spacial score (nSPS) is 20.1. The molecule has 0 aliphatic carbocycles. The number of furan rings is 2. The van der Waals surface area contributed by atoms with Crippen molar-refractivity contribution in [1.29, 1.82) is 0 Å². The molecule has 0 saturated carbocycles. The summed E-state index contributed by atoms with van der Waals surface area (Å²) in [5.74, 6) is -2.14. The number of aliphatic hydroxyl groups excluding tert-OH is 3. The van der Waals surface area contributed by atoms with Crippen LogP contribution in [-0.4, -0.2) is 49.7 Å². The summed E-state index contributed by atoms with van der Waals surface area (Å²) < 4.78 is 15.4. The van der Waals surface area contributed by atoms with Gasteiger partial charge >= 0.3 is 5.97 Å². The van der Waals surface area contributed by atoms with Gasteiger partial charge in [-0.05, 0) is 24.3 Å². The van der Waals surface area contributed by atoms with Gasteiger partial charge in [-0.15, -0.1) is 0 Å². The van der Waals surface area contributed by atoms with Crippen molar-refractivity contribution in [1.82, 2.24) is 4.90 Å². The van der Waals surface area contributed by atoms with Crippen molar-refractivity contribution in [2.75, 3.05) is 6.61 Å². The van der Waals surface area contributed by atoms with E-state index in [2.05, 4.69) is 0 Å². The Morgan fingerprint density at radius 1 is 1.08 bits per heavy atom. The molecule has 3 rings (SSSR count). The SMILES string of the molecule is O=C1O[C@H]([C@@](O)(CO)N(Cc2ccco2)Cc2ccco2)C(O)=C1O. The van der Waals surface area contributed by atoms with Gasteiger partial charge in [-0.1, -0.05) is 0 Å². The zero-order valence-corrected chi connectivity index (χ0v) is 13.0. The molecule has 2 atom stereocenters. The predicted octanol–water partition coefficient (Wildman–Crippen LogP) is 0.809. The van der Waals surface area contributed by atoms with Gasteiger partial charge in [0.25, 0.3) is 0 Å². The average Bonchev–Trinajstić information content (AvgIpc) is 3.34. The van der Waals surface area contributed by atoms with Crippen LogP contribution in [0.5, 0.6) is 0 Å². The van der Waals surface area contributed by atoms with E-state index in [4.69, 9.17) is 13.6 Å². The lowest BCUT2D eigenvalue weighted by molar-refractivity contribution is -0.213. The summed E-state index contributed by atoms with van der Waals surface area (Å²) in [6, 6.07) is 6.61. The first-order valence-electron chi connectivity index (χ1n) is 7.42. The minimum atomic E-state index is -2.23. The highest BCUT2D eigenvalue weighted by atomic mass is 16.6. The second-order valence-corrected chi connectivity index (χ2v) is 5.57. The van der Waals surface area contributed by atoms with Gasteiger partial charge in [0.1, 0.15) is 11.5 Å². The third kappa shape index (κ3) is 3.12. The molecule has 2 aromatic rings. The Labute approximate surface area is 142 Å². The fraction of sp³-hybridized carbons (Fsp3) is 0.312. The summed E-state index contributed by atoms with van der Waals surface area (Å²) in [4.78, 5) is 12.8. The lowest BCUT2D eigenvalue weighted by atomic mass is 10.0. The molecule has 134 valence electrons. The van der Waals surface area contributed by atoms with Crippen LogP contribution < -0.4 is 0 Å². The van der Waals surface area contributed by atoms with Gasteiger partial charge in [0, 0.05) is 0 Å². The summed E-state index contributed by atoms with van der Waals surface area (Å²) in [5, 5.41) is 40.2. The molecule has 0 amide bonds. The molecule has 0 unspecified atom stereocenters. The van der Waals surface area contributed by atoms with Crippen LogP contribution in [0.2, 0.25) is 0 Å². The molecule has 2 aromatic heterocycles. The Morgan fingerprint density at radius 3 is 2.00 bits per heavy atom. The topological polar surface area (TPSA) is 137 Å². The van der Waals surface area contributed by atoms with Crippen LogP contribution >= 0.6 is 0 Å². The molecule has 25 heavy (non-hydrogen) atoms. The monoisotopic (exact) mass is 351 g/mol. The number of rotatable bonds is 7. The van der Waals surface area contributed by atoms with Gasteiger partial charge in [-0.25, -0.2) is 4.79 Å². The molecule has 1 aliphatic rings. The maximum Gasteiger partial charge on any atom is 0.378 e. The van der Waals surface area contributed by atoms with E-state index >= 15 is 0 Å². The van der Waals surface area contributed by atoms with Crippen molar-refractivity contribution in [3.63, 3.8) is 0 Å². The predicted molar refractivity (Wildman–Crippen MR) is 80.9 cm³/mol. The molecule has 9 heteroatoms. The Morgan fingerprint density at radius 2 is 1.64 bits per heavy atom. The van der Waals surface area contributed by atoms with Gasteiger partial charge in [-0.3, -0.25) is 4.90 Å². The maximum atomic E-state index is 11.5. The zero-order valence-electron chi connectivity index (χ0n) is 13.0. The van der Waals surface area contributed by atoms with E-state index in [1.807, 2.05) is 0 Å². The Balaban J connectivity index is 1.94. The first-order chi connectivity index (χ1) is 12.0. The summed E-state index contributed by atoms with van der Waals surface area (Å²) in [6.45, 7) is -0.886. The minimum absolute atomic E-state index is 0.00680. The first-order valence-corrected chi connectivity index (χ1v) is 7.42. The van der Waals surface area contributed by atoms with Crippen LogP contribution in [0.1, 0.15) is 11.5 Å². The molecule has 0 bridgehead atoms. The molecular weight excluding hydrogens is 334 g/mol. The second-order valence-electron chi connectivity index (χ2n) is 5.57. The number of ether oxygens (including phenoxy) is 1. The van der Waals surface area contributed by atoms with Crippen molar-refractivity contribution in [3.05, 3.63) is 59.8 Å². The fourth-order valence-electron chi connectivity index (χ4n) is 2.62. The Kier molecular flexibility index (Phi) is 4.53. The molecule has 1 aliphatic heterocycles. The van der Waals surface area contributed by atoms with Crippen molar-refractivity contribution < 1.29 is 38.8 Å². The highest BCUT2D eigenvalue weighted by Crippen LogP contribution is 2.32. The van der Waals surface area contributed by atoms with E-state index < -0.39 is 35.9 Å². The minimum Gasteiger partial charge on any atom is -0.505 e. The molecule has 3 heterocycles. The first kappa shape index (κ1) is 17.1. The average molecular weight is 351 g/mol. The molecule has 0 fully saturated rings. The quantitative estimate of drug-likeness (QED) is 0.422. The number of esters is 1. The van der Waals surface area contributed by atoms with Crippen LogP contribution in [-0.2, 0) is 22.6 Å². The third-order valence-corrected chi connectivity index (χ3v) is 3.96. The third-order valence-electron chi connectivity index (χ3n) is 3.96. The molecule has 4 N–H and O–H groups in total. The standard InChI is InChI=1S/C16H17NO8/c18-9-16(22,14-12(19)13(20)15(21)25-14)17(7-10-3-1-5-23-10)8-11-4-2-6-24-11/h1-6,14,18-20,22H,7-9H2/t14-,16-/m0/s1. The van der Waals surface area contributed by atoms with Crippen LogP contribution in [0, 0.1) is 0 Å². The van der Waals surface area contributed by atoms with E-state index in [-0.39, 0.29) is 13.1 Å². The maximum absolute atomic E-state index is 11.5. The highest BCUT2D eigenvalue weighted by Gasteiger charge is 2.52. The molecule has 0 radical (unpaired) electrons. The largest absolute Gasteiger partial charge is 0.505 e. The van der Waals surface area contributed by atoms with Gasteiger partial charge < -0.3 is 34.0 Å². The summed E-state index contributed by atoms with van der Waals surface area (Å²) >= 11 is 0. The fourth-order valence-corrected chi connectivity index (χ4v) is 2.62. The number of hydrogen-bond donors (Lipinski definition) is 4. The van der Waals surface area contributed by atoms with Crippen LogP contribution in [0.25, 0.3) is 0 Å². The number of hydrogen-bond acceptors (Lipinski definition) is 9. The van der Waals surface area contributed by atoms with E-state index in [0.717, 1.165) is 0 Å². The molecule has 0 saturated heterocycles. The van der Waals surface area contributed by atoms with Crippen molar-refractivity contribution in [2.45, 2.75) is 24.9 Å². The summed E-state index contributed by atoms with van der Waals surface area (Å²) in [6.07, 6.45) is 1.21. The van der Waals surface area contributed by atoms with E-state index in [1.165, 1.54) is 17.4 Å². The van der Waals surface area contributed by atoms with Gasteiger partial charge in [0.2, 0.25) is 11.9 Å². The number of carbonyl (C=O) groups excluding carboxylic acids is 1. The van der Waals surface area contributed by atoms with E-state index in [1.54, 1.807) is 24.3 Å². The van der Waals surface area contributed by atoms with E-state index in [9.17, 15) is 25.2 Å². The van der Waals surface area contributed by atoms with Gasteiger partial charge in [-0.2, -0.15) is 0 Å². The Bertz CT molecular complexity index is 715. The van der Waals surface area contributed by atoms with Crippen molar-refractivity contribution >= 4 is 5.97 Å². The summed E-state index contributed by atoms with van der Waals surface area (Å²) in [5.41, 5.74) is -2.23. The second kappa shape index (κ2) is 6.63. The van der Waals surface area contributed by atoms with Crippen molar-refractivity contribution in [3.8, 4) is 0 Å². The number of aliphatic hydroxyl groups is 4. The zero-order chi connectivity index (χ0) is 18.0. The molecular formula is C16H17NO8. The lowest BCUT2D eigenvalue weighted by Gasteiger charge is -2.40. The Hall–Kier alpha value is -2.75. The lowest BCUT2D eigenvalue weighted by Crippen LogP contribution is -2.59. The molecule has 0 spiro atoms. The van der Waals surface area contributed by atoms with E-state index in [0.29, 0.717) is 11.5 Å². The van der Waals surface area contributed by atoms with Gasteiger partial charge in [0.15, 0.2) is 11.5 Å². The number of carbonyl (C=O) groups is 1. The summed E-state index contributed by atoms with van der Waals surface area (Å²) in [7, 11) is 0. The number of nitrogens with zero attached hydrogens (tertiary/aromatic N) is 1. The smallest absolute Gasteiger partial charge is 0.378 e. The van der Waals surface area contributed by atoms with Crippen LogP contribution in [0.15, 0.2) is 57.1 Å². The molecule has 0 aromatic carbocycles. The van der Waals surface area contributed by atoms with Crippen molar-refractivity contribution in [2.24, 2.45) is 0 Å². The van der Waals surface area contributed by atoms with Crippen LogP contribution in [0.4, 0.5) is 0 Å². The van der Waals surface area contributed by atoms with Crippen LogP contribution in [0.3, 0.4) is 0 Å². The van der Waals surface area contributed by atoms with Gasteiger partial charge in [0.05, 0.1) is 32.2 Å².